The molecule has 0 saturated heterocycles. The fraction of sp³-hybridized carbons (Fsp3) is 0.588. The van der Waals surface area contributed by atoms with Crippen LogP contribution < -0.4 is 5.32 Å². The third-order valence-corrected chi connectivity index (χ3v) is 3.80. The van der Waals surface area contributed by atoms with E-state index in [1.54, 1.807) is 0 Å². The summed E-state index contributed by atoms with van der Waals surface area (Å²) in [5.74, 6) is 1.47. The average Bonchev–Trinajstić information content (AvgIpc) is 2.93. The summed E-state index contributed by atoms with van der Waals surface area (Å²) in [6.07, 6.45) is 2.26. The summed E-state index contributed by atoms with van der Waals surface area (Å²) in [5.41, 5.74) is 4.39. The Morgan fingerprint density at radius 2 is 1.90 bits per heavy atom. The molecular formula is C17H27ClN2O. The minimum atomic E-state index is -0.0404. The van der Waals surface area contributed by atoms with Crippen LogP contribution in [0.15, 0.2) is 11.1 Å². The zero-order valence-corrected chi connectivity index (χ0v) is 14.7. The van der Waals surface area contributed by atoms with Crippen molar-refractivity contribution in [1.29, 1.82) is 0 Å². The van der Waals surface area contributed by atoms with Gasteiger partial charge in [-0.2, -0.15) is 0 Å². The van der Waals surface area contributed by atoms with Gasteiger partial charge in [0.25, 0.3) is 0 Å². The topological polar surface area (TPSA) is 44.6 Å². The van der Waals surface area contributed by atoms with Crippen molar-refractivity contribution >= 4 is 17.4 Å². The van der Waals surface area contributed by atoms with Crippen LogP contribution in [0.5, 0.6) is 5.75 Å². The standard InChI is InChI=1S/C16H24N2O.CH3Cl/c1-10-8-13(16(3,4)5)15(19)11(2)12(10)9-14-17-6-7-18-14;1-2/h8,19H,6-7,9H2,1-5H3,(H,17,18);1H3. The molecule has 21 heavy (non-hydrogen) atoms. The van der Waals surface area contributed by atoms with E-state index in [1.165, 1.54) is 17.5 Å². The number of nitrogens with zero attached hydrogens (tertiary/aromatic N) is 1. The Kier molecular flexibility index (Phi) is 6.09. The van der Waals surface area contributed by atoms with Gasteiger partial charge in [0, 0.05) is 19.3 Å². The highest BCUT2D eigenvalue weighted by Gasteiger charge is 2.22. The first kappa shape index (κ1) is 17.8. The van der Waals surface area contributed by atoms with Crippen LogP contribution in [-0.4, -0.2) is 30.4 Å². The smallest absolute Gasteiger partial charge is 0.122 e. The lowest BCUT2D eigenvalue weighted by Gasteiger charge is -2.24. The number of aryl methyl sites for hydroxylation is 1. The van der Waals surface area contributed by atoms with Crippen LogP contribution in [0.2, 0.25) is 0 Å². The van der Waals surface area contributed by atoms with Crippen LogP contribution in [0.25, 0.3) is 0 Å². The van der Waals surface area contributed by atoms with Crippen LogP contribution in [0.1, 0.15) is 43.0 Å². The molecule has 4 heteroatoms. The van der Waals surface area contributed by atoms with Gasteiger partial charge in [-0.3, -0.25) is 4.99 Å². The van der Waals surface area contributed by atoms with Gasteiger partial charge in [0.05, 0.1) is 6.54 Å². The van der Waals surface area contributed by atoms with E-state index in [2.05, 4.69) is 55.7 Å². The number of alkyl halides is 1. The van der Waals surface area contributed by atoms with Crippen LogP contribution in [0.3, 0.4) is 0 Å². The maximum absolute atomic E-state index is 10.5. The summed E-state index contributed by atoms with van der Waals surface area (Å²) >= 11 is 4.64. The van der Waals surface area contributed by atoms with Crippen molar-refractivity contribution in [1.82, 2.24) is 5.32 Å². The molecule has 1 aromatic rings. The highest BCUT2D eigenvalue weighted by Crippen LogP contribution is 2.36. The van der Waals surface area contributed by atoms with Gasteiger partial charge in [-0.15, -0.1) is 11.6 Å². The Hall–Kier alpha value is -1.22. The summed E-state index contributed by atoms with van der Waals surface area (Å²) in [5, 5.41) is 13.7. The van der Waals surface area contributed by atoms with E-state index < -0.39 is 0 Å². The van der Waals surface area contributed by atoms with Crippen molar-refractivity contribution in [3.8, 4) is 5.75 Å². The number of halogens is 1. The molecule has 3 nitrogen and oxygen atoms in total. The first-order valence-corrected chi connectivity index (χ1v) is 8.04. The average molecular weight is 311 g/mol. The van der Waals surface area contributed by atoms with Crippen LogP contribution in [-0.2, 0) is 11.8 Å². The van der Waals surface area contributed by atoms with Crippen LogP contribution >= 0.6 is 11.6 Å². The number of rotatable bonds is 2. The van der Waals surface area contributed by atoms with Gasteiger partial charge in [0.15, 0.2) is 0 Å². The van der Waals surface area contributed by atoms with Gasteiger partial charge < -0.3 is 10.4 Å². The van der Waals surface area contributed by atoms with Gasteiger partial charge in [0.2, 0.25) is 0 Å². The molecule has 0 bridgehead atoms. The number of aromatic hydroxyl groups is 1. The minimum Gasteiger partial charge on any atom is -0.507 e. The highest BCUT2D eigenvalue weighted by atomic mass is 35.5. The first-order chi connectivity index (χ1) is 9.80. The van der Waals surface area contributed by atoms with Gasteiger partial charge in [0.1, 0.15) is 11.6 Å². The highest BCUT2D eigenvalue weighted by molar-refractivity contribution is 6.15. The number of amidine groups is 1. The number of aliphatic imine (C=N–C) groups is 1. The fourth-order valence-corrected chi connectivity index (χ4v) is 2.59. The van der Waals surface area contributed by atoms with Crippen LogP contribution in [0, 0.1) is 13.8 Å². The van der Waals surface area contributed by atoms with E-state index in [1.807, 2.05) is 6.92 Å². The third-order valence-electron chi connectivity index (χ3n) is 3.80. The number of phenolic OH excluding ortho intramolecular Hbond substituents is 1. The van der Waals surface area contributed by atoms with E-state index >= 15 is 0 Å². The molecule has 0 unspecified atom stereocenters. The number of nitrogens with one attached hydrogen (secondary N) is 1. The lowest BCUT2D eigenvalue weighted by atomic mass is 9.82. The maximum Gasteiger partial charge on any atom is 0.122 e. The number of benzene rings is 1. The Balaban J connectivity index is 0.00000106. The molecule has 2 N–H and O–H groups in total. The quantitative estimate of drug-likeness (QED) is 0.818. The van der Waals surface area contributed by atoms with E-state index in [0.717, 1.165) is 36.5 Å². The second-order valence-corrected chi connectivity index (χ2v) is 6.38. The van der Waals surface area contributed by atoms with Crippen LogP contribution in [0.4, 0.5) is 0 Å². The second kappa shape index (κ2) is 7.17. The lowest BCUT2D eigenvalue weighted by Crippen LogP contribution is -2.22. The monoisotopic (exact) mass is 310 g/mol. The number of hydrogen-bond donors (Lipinski definition) is 2. The Morgan fingerprint density at radius 3 is 2.38 bits per heavy atom. The predicted octanol–water partition coefficient (Wildman–Crippen LogP) is 3.71. The predicted molar refractivity (Wildman–Crippen MR) is 92.1 cm³/mol. The van der Waals surface area contributed by atoms with Gasteiger partial charge in [-0.1, -0.05) is 26.8 Å². The molecule has 0 saturated carbocycles. The molecule has 0 aromatic heterocycles. The summed E-state index contributed by atoms with van der Waals surface area (Å²) in [4.78, 5) is 4.44. The first-order valence-electron chi connectivity index (χ1n) is 7.28. The molecule has 0 aliphatic carbocycles. The molecule has 1 aliphatic rings. The molecular weight excluding hydrogens is 284 g/mol. The normalized spacial score (nSPS) is 14.1. The lowest BCUT2D eigenvalue weighted by molar-refractivity contribution is 0.442. The van der Waals surface area contributed by atoms with Crippen molar-refractivity contribution in [3.05, 3.63) is 28.3 Å². The van der Waals surface area contributed by atoms with Gasteiger partial charge >= 0.3 is 0 Å². The van der Waals surface area contributed by atoms with Crippen molar-refractivity contribution in [2.24, 2.45) is 4.99 Å². The van der Waals surface area contributed by atoms with Gasteiger partial charge in [-0.05, 0) is 41.5 Å². The summed E-state index contributed by atoms with van der Waals surface area (Å²) in [6, 6.07) is 2.12. The Bertz CT molecular complexity index is 531. The molecule has 1 aliphatic heterocycles. The minimum absolute atomic E-state index is 0.0404. The zero-order valence-electron chi connectivity index (χ0n) is 14.0. The molecule has 0 spiro atoms. The molecule has 118 valence electrons. The van der Waals surface area contributed by atoms with Crippen molar-refractivity contribution in [2.75, 3.05) is 19.5 Å². The Labute approximate surface area is 133 Å². The van der Waals surface area contributed by atoms with E-state index in [0.29, 0.717) is 5.75 Å². The maximum atomic E-state index is 10.5. The zero-order chi connectivity index (χ0) is 16.2. The third kappa shape index (κ3) is 4.13. The fourth-order valence-electron chi connectivity index (χ4n) is 2.59. The second-order valence-electron chi connectivity index (χ2n) is 6.38. The molecule has 1 heterocycles. The van der Waals surface area contributed by atoms with Crippen molar-refractivity contribution in [2.45, 2.75) is 46.5 Å². The molecule has 0 amide bonds. The summed E-state index contributed by atoms with van der Waals surface area (Å²) in [6.45, 7) is 12.3. The molecule has 0 atom stereocenters. The Morgan fingerprint density at radius 1 is 1.29 bits per heavy atom. The molecule has 2 rings (SSSR count). The summed E-state index contributed by atoms with van der Waals surface area (Å²) in [7, 11) is 0. The van der Waals surface area contributed by atoms with E-state index in [-0.39, 0.29) is 5.41 Å². The number of phenols is 1. The van der Waals surface area contributed by atoms with E-state index in [9.17, 15) is 5.11 Å². The van der Waals surface area contributed by atoms with E-state index in [4.69, 9.17) is 0 Å². The molecule has 0 fully saturated rings. The SMILES string of the molecule is CCl.Cc1cc(C(C)(C)C)c(O)c(C)c1CC1=NCCN1. The summed E-state index contributed by atoms with van der Waals surface area (Å²) < 4.78 is 0. The van der Waals surface area contributed by atoms with Crippen molar-refractivity contribution in [3.63, 3.8) is 0 Å². The number of hydrogen-bond acceptors (Lipinski definition) is 3. The largest absolute Gasteiger partial charge is 0.507 e. The van der Waals surface area contributed by atoms with Gasteiger partial charge in [-0.25, -0.2) is 0 Å². The molecule has 1 aromatic carbocycles. The van der Waals surface area contributed by atoms with Crippen molar-refractivity contribution < 1.29 is 5.11 Å². The molecule has 0 radical (unpaired) electrons.